The standard InChI is InChI=1S/C11H10N6O2S/c1-2-16-8(17(18)19)6-15-11(16)10(20)9-7(5-12)13-3-4-14-9/h3-4,6,10,20H,2H2,1H3. The van der Waals surface area contributed by atoms with Crippen LogP contribution < -0.4 is 0 Å². The van der Waals surface area contributed by atoms with Gasteiger partial charge in [0.15, 0.2) is 5.69 Å². The highest BCUT2D eigenvalue weighted by atomic mass is 32.1. The monoisotopic (exact) mass is 290 g/mol. The van der Waals surface area contributed by atoms with E-state index in [0.717, 1.165) is 0 Å². The molecule has 8 nitrogen and oxygen atoms in total. The van der Waals surface area contributed by atoms with Crippen molar-refractivity contribution < 1.29 is 4.92 Å². The minimum Gasteiger partial charge on any atom is -0.358 e. The topological polar surface area (TPSA) is 111 Å². The van der Waals surface area contributed by atoms with Gasteiger partial charge in [-0.3, -0.25) is 4.98 Å². The average Bonchev–Trinajstić information content (AvgIpc) is 2.90. The van der Waals surface area contributed by atoms with Crippen molar-refractivity contribution in [1.82, 2.24) is 19.5 Å². The van der Waals surface area contributed by atoms with E-state index in [4.69, 9.17) is 5.26 Å². The quantitative estimate of drug-likeness (QED) is 0.519. The maximum atomic E-state index is 10.9. The molecule has 2 aromatic rings. The molecule has 0 aromatic carbocycles. The van der Waals surface area contributed by atoms with Gasteiger partial charge in [-0.25, -0.2) is 14.5 Å². The zero-order valence-electron chi connectivity index (χ0n) is 10.5. The molecule has 2 rings (SSSR count). The predicted molar refractivity (Wildman–Crippen MR) is 72.1 cm³/mol. The molecule has 0 aliphatic carbocycles. The SMILES string of the molecule is CCn1c([N+](=O)[O-])cnc1C(S)c1nccnc1C#N. The van der Waals surface area contributed by atoms with Crippen LogP contribution in [0.5, 0.6) is 0 Å². The lowest BCUT2D eigenvalue weighted by Gasteiger charge is -2.09. The highest BCUT2D eigenvalue weighted by Crippen LogP contribution is 2.29. The number of aromatic nitrogens is 4. The average molecular weight is 290 g/mol. The van der Waals surface area contributed by atoms with Crippen LogP contribution in [-0.2, 0) is 6.54 Å². The Morgan fingerprint density at radius 2 is 2.20 bits per heavy atom. The Morgan fingerprint density at radius 1 is 1.50 bits per heavy atom. The summed E-state index contributed by atoms with van der Waals surface area (Å²) < 4.78 is 1.42. The molecule has 0 spiro atoms. The molecule has 0 radical (unpaired) electrons. The highest BCUT2D eigenvalue weighted by molar-refractivity contribution is 7.80. The Hall–Kier alpha value is -2.47. The third kappa shape index (κ3) is 2.33. The number of hydrogen-bond acceptors (Lipinski definition) is 7. The van der Waals surface area contributed by atoms with Gasteiger partial charge in [0.25, 0.3) is 0 Å². The lowest BCUT2D eigenvalue weighted by atomic mass is 10.2. The maximum Gasteiger partial charge on any atom is 0.342 e. The van der Waals surface area contributed by atoms with E-state index in [2.05, 4.69) is 27.6 Å². The van der Waals surface area contributed by atoms with Gasteiger partial charge in [0, 0.05) is 12.4 Å². The molecule has 0 saturated carbocycles. The van der Waals surface area contributed by atoms with E-state index >= 15 is 0 Å². The molecule has 102 valence electrons. The molecule has 2 heterocycles. The summed E-state index contributed by atoms with van der Waals surface area (Å²) in [6, 6.07) is 1.92. The Balaban J connectivity index is 2.52. The van der Waals surface area contributed by atoms with Crippen molar-refractivity contribution in [3.63, 3.8) is 0 Å². The number of nitrogens with zero attached hydrogens (tertiary/aromatic N) is 6. The van der Waals surface area contributed by atoms with Gasteiger partial charge in [0.1, 0.15) is 17.5 Å². The fourth-order valence-electron chi connectivity index (χ4n) is 1.83. The molecular weight excluding hydrogens is 280 g/mol. The summed E-state index contributed by atoms with van der Waals surface area (Å²) in [6.07, 6.45) is 4.01. The second-order valence-electron chi connectivity index (χ2n) is 3.78. The van der Waals surface area contributed by atoms with Crippen LogP contribution in [0.3, 0.4) is 0 Å². The molecule has 1 atom stereocenters. The van der Waals surface area contributed by atoms with Crippen LogP contribution in [0.25, 0.3) is 0 Å². The first kappa shape index (κ1) is 14.0. The van der Waals surface area contributed by atoms with E-state index in [1.54, 1.807) is 6.92 Å². The Kier molecular flexibility index (Phi) is 3.95. The summed E-state index contributed by atoms with van der Waals surface area (Å²) in [4.78, 5) is 22.4. The van der Waals surface area contributed by atoms with Crippen LogP contribution in [-0.4, -0.2) is 24.4 Å². The lowest BCUT2D eigenvalue weighted by molar-refractivity contribution is -0.392. The summed E-state index contributed by atoms with van der Waals surface area (Å²) in [7, 11) is 0. The molecule has 0 amide bonds. The summed E-state index contributed by atoms with van der Waals surface area (Å²) in [5.74, 6) is 0.239. The third-order valence-corrected chi connectivity index (χ3v) is 3.18. The van der Waals surface area contributed by atoms with Gasteiger partial charge in [-0.15, -0.1) is 0 Å². The number of nitro groups is 1. The minimum atomic E-state index is -0.660. The summed E-state index contributed by atoms with van der Waals surface area (Å²) in [6.45, 7) is 2.13. The van der Waals surface area contributed by atoms with Crippen LogP contribution in [0.4, 0.5) is 5.82 Å². The van der Waals surface area contributed by atoms with E-state index in [1.165, 1.54) is 23.2 Å². The summed E-state index contributed by atoms with van der Waals surface area (Å²) in [5.41, 5.74) is 0.453. The number of nitriles is 1. The second kappa shape index (κ2) is 5.66. The van der Waals surface area contributed by atoms with E-state index < -0.39 is 10.2 Å². The molecule has 0 N–H and O–H groups in total. The summed E-state index contributed by atoms with van der Waals surface area (Å²) in [5, 5.41) is 19.3. The van der Waals surface area contributed by atoms with Crippen molar-refractivity contribution in [2.75, 3.05) is 0 Å². The molecule has 0 aliphatic heterocycles. The van der Waals surface area contributed by atoms with Gasteiger partial charge in [0.2, 0.25) is 5.82 Å². The molecule has 0 fully saturated rings. The van der Waals surface area contributed by atoms with Gasteiger partial charge < -0.3 is 10.1 Å². The fraction of sp³-hybridized carbons (Fsp3) is 0.273. The fourth-order valence-corrected chi connectivity index (χ4v) is 2.22. The van der Waals surface area contributed by atoms with Crippen LogP contribution in [0.15, 0.2) is 18.6 Å². The smallest absolute Gasteiger partial charge is 0.342 e. The van der Waals surface area contributed by atoms with Gasteiger partial charge in [0.05, 0.1) is 12.2 Å². The number of thiol groups is 1. The number of imidazole rings is 1. The molecule has 9 heteroatoms. The van der Waals surface area contributed by atoms with Crippen LogP contribution in [0, 0.1) is 21.4 Å². The third-order valence-electron chi connectivity index (χ3n) is 2.70. The van der Waals surface area contributed by atoms with E-state index in [-0.39, 0.29) is 11.5 Å². The molecule has 0 bridgehead atoms. The Morgan fingerprint density at radius 3 is 2.80 bits per heavy atom. The van der Waals surface area contributed by atoms with Gasteiger partial charge in [-0.2, -0.15) is 17.9 Å². The van der Waals surface area contributed by atoms with Crippen LogP contribution in [0.1, 0.15) is 29.4 Å². The van der Waals surface area contributed by atoms with Crippen molar-refractivity contribution in [2.45, 2.75) is 18.7 Å². The zero-order chi connectivity index (χ0) is 14.7. The van der Waals surface area contributed by atoms with Crippen LogP contribution >= 0.6 is 12.6 Å². The molecule has 20 heavy (non-hydrogen) atoms. The van der Waals surface area contributed by atoms with Crippen molar-refractivity contribution in [3.8, 4) is 6.07 Å². The molecule has 1 unspecified atom stereocenters. The minimum absolute atomic E-state index is 0.121. The second-order valence-corrected chi connectivity index (χ2v) is 4.30. The molecule has 2 aromatic heterocycles. The molecule has 0 aliphatic rings. The molecule has 0 saturated heterocycles. The normalized spacial score (nSPS) is 11.8. The summed E-state index contributed by atoms with van der Waals surface area (Å²) >= 11 is 4.38. The predicted octanol–water partition coefficient (Wildman–Crippen LogP) is 1.49. The first-order valence-electron chi connectivity index (χ1n) is 5.69. The largest absolute Gasteiger partial charge is 0.358 e. The first-order chi connectivity index (χ1) is 9.60. The lowest BCUT2D eigenvalue weighted by Crippen LogP contribution is -2.10. The van der Waals surface area contributed by atoms with Crippen molar-refractivity contribution in [2.24, 2.45) is 0 Å². The van der Waals surface area contributed by atoms with Gasteiger partial charge in [-0.1, -0.05) is 0 Å². The van der Waals surface area contributed by atoms with Crippen molar-refractivity contribution in [1.29, 1.82) is 5.26 Å². The van der Waals surface area contributed by atoms with E-state index in [9.17, 15) is 10.1 Å². The molecular formula is C11H10N6O2S. The van der Waals surface area contributed by atoms with Crippen LogP contribution in [0.2, 0.25) is 0 Å². The van der Waals surface area contributed by atoms with Crippen molar-refractivity contribution in [3.05, 3.63) is 45.9 Å². The van der Waals surface area contributed by atoms with Crippen molar-refractivity contribution >= 4 is 18.4 Å². The maximum absolute atomic E-state index is 10.9. The van der Waals surface area contributed by atoms with Gasteiger partial charge >= 0.3 is 5.82 Å². The Labute approximate surface area is 119 Å². The Bertz CT molecular complexity index is 692. The number of hydrogen-bond donors (Lipinski definition) is 1. The number of rotatable bonds is 4. The van der Waals surface area contributed by atoms with Gasteiger partial charge in [-0.05, 0) is 11.8 Å². The highest BCUT2D eigenvalue weighted by Gasteiger charge is 2.27. The zero-order valence-corrected chi connectivity index (χ0v) is 11.4. The van der Waals surface area contributed by atoms with E-state index in [0.29, 0.717) is 18.1 Å². The van der Waals surface area contributed by atoms with E-state index in [1.807, 2.05) is 6.07 Å². The first-order valence-corrected chi connectivity index (χ1v) is 6.20.